The van der Waals surface area contributed by atoms with E-state index in [1.807, 2.05) is 0 Å². The summed E-state index contributed by atoms with van der Waals surface area (Å²) in [5.74, 6) is 0. The van der Waals surface area contributed by atoms with Crippen molar-refractivity contribution in [2.24, 2.45) is 5.73 Å². The van der Waals surface area contributed by atoms with Crippen molar-refractivity contribution in [2.75, 3.05) is 6.61 Å². The molecule has 6 N–H and O–H groups in total. The van der Waals surface area contributed by atoms with Crippen molar-refractivity contribution in [1.82, 2.24) is 0 Å². The molecule has 0 aromatic carbocycles. The fourth-order valence-corrected chi connectivity index (χ4v) is 1.12. The lowest BCUT2D eigenvalue weighted by atomic mass is 9.98. The van der Waals surface area contributed by atoms with Gasteiger partial charge in [0.15, 0.2) is 6.29 Å². The minimum Gasteiger partial charge on any atom is -0.394 e. The summed E-state index contributed by atoms with van der Waals surface area (Å²) < 4.78 is 4.70. The second-order valence-corrected chi connectivity index (χ2v) is 2.81. The minimum absolute atomic E-state index is 0.470. The van der Waals surface area contributed by atoms with Crippen LogP contribution in [0.5, 0.6) is 0 Å². The zero-order valence-electron chi connectivity index (χ0n) is 6.37. The van der Waals surface area contributed by atoms with Crippen LogP contribution in [0, 0.1) is 0 Å². The lowest BCUT2D eigenvalue weighted by Gasteiger charge is -2.38. The SMILES string of the molecule is NC1[C@H](O)OC(CO)[C@@H](O)[C@H]1O. The number of aliphatic hydroxyl groups excluding tert-OH is 4. The largest absolute Gasteiger partial charge is 0.394 e. The summed E-state index contributed by atoms with van der Waals surface area (Å²) in [4.78, 5) is 0. The number of nitrogens with two attached hydrogens (primary N) is 1. The molecular weight excluding hydrogens is 166 g/mol. The summed E-state index contributed by atoms with van der Waals surface area (Å²) >= 11 is 0. The third kappa shape index (κ3) is 1.58. The third-order valence-electron chi connectivity index (χ3n) is 1.95. The lowest BCUT2D eigenvalue weighted by molar-refractivity contribution is -0.248. The van der Waals surface area contributed by atoms with Gasteiger partial charge in [0.25, 0.3) is 0 Å². The maximum Gasteiger partial charge on any atom is 0.173 e. The summed E-state index contributed by atoms with van der Waals surface area (Å²) in [5, 5.41) is 36.1. The summed E-state index contributed by atoms with van der Waals surface area (Å²) in [6, 6.07) is -1.04. The molecule has 0 radical (unpaired) electrons. The molecule has 0 spiro atoms. The normalized spacial score (nSPS) is 49.2. The number of ether oxygens (including phenoxy) is 1. The van der Waals surface area contributed by atoms with Gasteiger partial charge in [-0.15, -0.1) is 0 Å². The van der Waals surface area contributed by atoms with Crippen LogP contribution in [-0.2, 0) is 4.74 Å². The Kier molecular flexibility index (Phi) is 2.99. The Labute approximate surface area is 69.2 Å². The van der Waals surface area contributed by atoms with Crippen molar-refractivity contribution in [3.63, 3.8) is 0 Å². The summed E-state index contributed by atoms with van der Waals surface area (Å²) in [7, 11) is 0. The smallest absolute Gasteiger partial charge is 0.173 e. The van der Waals surface area contributed by atoms with Crippen LogP contribution in [0.3, 0.4) is 0 Å². The molecule has 1 fully saturated rings. The highest BCUT2D eigenvalue weighted by molar-refractivity contribution is 4.90. The van der Waals surface area contributed by atoms with Gasteiger partial charge in [0.05, 0.1) is 12.6 Å². The van der Waals surface area contributed by atoms with E-state index in [-0.39, 0.29) is 0 Å². The molecule has 12 heavy (non-hydrogen) atoms. The molecule has 1 aliphatic rings. The van der Waals surface area contributed by atoms with Crippen molar-refractivity contribution < 1.29 is 25.2 Å². The van der Waals surface area contributed by atoms with Gasteiger partial charge < -0.3 is 30.9 Å². The van der Waals surface area contributed by atoms with E-state index in [4.69, 9.17) is 20.7 Å². The van der Waals surface area contributed by atoms with Gasteiger partial charge in [0.2, 0.25) is 0 Å². The van der Waals surface area contributed by atoms with Crippen molar-refractivity contribution in [2.45, 2.75) is 30.6 Å². The Balaban J connectivity index is 2.63. The van der Waals surface area contributed by atoms with Crippen molar-refractivity contribution in [3.05, 3.63) is 0 Å². The second-order valence-electron chi connectivity index (χ2n) is 2.81. The van der Waals surface area contributed by atoms with E-state index in [0.29, 0.717) is 0 Å². The van der Waals surface area contributed by atoms with E-state index in [2.05, 4.69) is 0 Å². The molecular formula is C6H13NO5. The summed E-state index contributed by atoms with van der Waals surface area (Å²) in [6.07, 6.45) is -4.85. The molecule has 0 amide bonds. The molecule has 0 saturated carbocycles. The molecule has 0 aromatic heterocycles. The minimum atomic E-state index is -1.35. The molecule has 1 rings (SSSR count). The van der Waals surface area contributed by atoms with Gasteiger partial charge in [-0.05, 0) is 0 Å². The van der Waals surface area contributed by atoms with Crippen molar-refractivity contribution in [1.29, 1.82) is 0 Å². The molecule has 1 saturated heterocycles. The maximum absolute atomic E-state index is 9.20. The highest BCUT2D eigenvalue weighted by Gasteiger charge is 2.41. The molecule has 0 bridgehead atoms. The highest BCUT2D eigenvalue weighted by atomic mass is 16.6. The molecule has 0 aliphatic carbocycles. The predicted octanol–water partition coefficient (Wildman–Crippen LogP) is -3.25. The van der Waals surface area contributed by atoms with Crippen LogP contribution in [0.4, 0.5) is 0 Å². The van der Waals surface area contributed by atoms with Crippen LogP contribution >= 0.6 is 0 Å². The fraction of sp³-hybridized carbons (Fsp3) is 1.00. The molecule has 1 heterocycles. The lowest BCUT2D eigenvalue weighted by Crippen LogP contribution is -2.61. The van der Waals surface area contributed by atoms with Gasteiger partial charge in [-0.3, -0.25) is 0 Å². The molecule has 72 valence electrons. The Hall–Kier alpha value is -0.240. The van der Waals surface area contributed by atoms with Gasteiger partial charge in [-0.2, -0.15) is 0 Å². The highest BCUT2D eigenvalue weighted by Crippen LogP contribution is 2.17. The number of hydrogen-bond acceptors (Lipinski definition) is 6. The first kappa shape index (κ1) is 9.85. The third-order valence-corrected chi connectivity index (χ3v) is 1.95. The first-order chi connectivity index (χ1) is 5.57. The average Bonchev–Trinajstić information content (AvgIpc) is 2.08. The van der Waals surface area contributed by atoms with Gasteiger partial charge in [-0.25, -0.2) is 0 Å². The van der Waals surface area contributed by atoms with Crippen LogP contribution < -0.4 is 5.73 Å². The van der Waals surface area contributed by atoms with E-state index in [0.717, 1.165) is 0 Å². The van der Waals surface area contributed by atoms with Crippen LogP contribution in [0.15, 0.2) is 0 Å². The molecule has 1 aliphatic heterocycles. The first-order valence-electron chi connectivity index (χ1n) is 3.64. The molecule has 5 atom stereocenters. The quantitative estimate of drug-likeness (QED) is 0.288. The second kappa shape index (κ2) is 3.65. The van der Waals surface area contributed by atoms with E-state index in [9.17, 15) is 10.2 Å². The standard InChI is InChI=1S/C6H13NO5/c7-3-5(10)4(9)2(1-8)12-6(3)11/h2-6,8-11H,1,7H2/t2?,3?,4-,5+,6-/m1/s1. The zero-order chi connectivity index (χ0) is 9.30. The molecule has 0 aromatic rings. The van der Waals surface area contributed by atoms with E-state index in [1.165, 1.54) is 0 Å². The number of aliphatic hydroxyl groups is 4. The Morgan fingerprint density at radius 2 is 1.75 bits per heavy atom. The Morgan fingerprint density at radius 1 is 1.17 bits per heavy atom. The average molecular weight is 179 g/mol. The molecule has 2 unspecified atom stereocenters. The van der Waals surface area contributed by atoms with Gasteiger partial charge in [-0.1, -0.05) is 0 Å². The Morgan fingerprint density at radius 3 is 2.25 bits per heavy atom. The van der Waals surface area contributed by atoms with Crippen LogP contribution in [0.1, 0.15) is 0 Å². The van der Waals surface area contributed by atoms with Crippen LogP contribution in [0.25, 0.3) is 0 Å². The monoisotopic (exact) mass is 179 g/mol. The van der Waals surface area contributed by atoms with Crippen molar-refractivity contribution in [3.8, 4) is 0 Å². The van der Waals surface area contributed by atoms with Gasteiger partial charge in [0.1, 0.15) is 18.3 Å². The summed E-state index contributed by atoms with van der Waals surface area (Å²) in [6.45, 7) is -0.470. The van der Waals surface area contributed by atoms with E-state index < -0.39 is 37.3 Å². The van der Waals surface area contributed by atoms with Gasteiger partial charge >= 0.3 is 0 Å². The first-order valence-corrected chi connectivity index (χ1v) is 3.64. The molecule has 6 nitrogen and oxygen atoms in total. The van der Waals surface area contributed by atoms with Crippen LogP contribution in [0.2, 0.25) is 0 Å². The Bertz CT molecular complexity index is 150. The predicted molar refractivity (Wildman–Crippen MR) is 38.0 cm³/mol. The summed E-state index contributed by atoms with van der Waals surface area (Å²) in [5.41, 5.74) is 5.26. The topological polar surface area (TPSA) is 116 Å². The zero-order valence-corrected chi connectivity index (χ0v) is 6.37. The van der Waals surface area contributed by atoms with E-state index in [1.54, 1.807) is 0 Å². The number of rotatable bonds is 1. The number of hydrogen-bond donors (Lipinski definition) is 5. The van der Waals surface area contributed by atoms with Gasteiger partial charge in [0, 0.05) is 0 Å². The fourth-order valence-electron chi connectivity index (χ4n) is 1.12. The van der Waals surface area contributed by atoms with E-state index >= 15 is 0 Å². The maximum atomic E-state index is 9.20. The van der Waals surface area contributed by atoms with Crippen LogP contribution in [-0.4, -0.2) is 57.7 Å². The van der Waals surface area contributed by atoms with Crippen molar-refractivity contribution >= 4 is 0 Å². The molecule has 6 heteroatoms.